The lowest BCUT2D eigenvalue weighted by Gasteiger charge is -2.28. The number of benzene rings is 3. The second-order valence-corrected chi connectivity index (χ2v) is 9.45. The number of para-hydroxylation sites is 2. The van der Waals surface area contributed by atoms with E-state index in [1.807, 2.05) is 78.5 Å². The summed E-state index contributed by atoms with van der Waals surface area (Å²) in [5.41, 5.74) is 6.11. The predicted molar refractivity (Wildman–Crippen MR) is 141 cm³/mol. The molecule has 0 N–H and O–H groups in total. The van der Waals surface area contributed by atoms with Crippen molar-refractivity contribution in [2.24, 2.45) is 0 Å². The van der Waals surface area contributed by atoms with Gasteiger partial charge in [0.15, 0.2) is 0 Å². The zero-order valence-corrected chi connectivity index (χ0v) is 21.2. The molecule has 1 aromatic heterocycles. The van der Waals surface area contributed by atoms with Gasteiger partial charge < -0.3 is 9.64 Å². The van der Waals surface area contributed by atoms with Crippen LogP contribution in [0.1, 0.15) is 28.1 Å². The topological polar surface area (TPSA) is 50.6 Å². The minimum absolute atomic E-state index is 0.0470. The fourth-order valence-electron chi connectivity index (χ4n) is 4.87. The highest BCUT2D eigenvalue weighted by Crippen LogP contribution is 2.30. The van der Waals surface area contributed by atoms with Crippen LogP contribution in [0.5, 0.6) is 5.75 Å². The van der Waals surface area contributed by atoms with Crippen molar-refractivity contribution in [2.45, 2.75) is 32.5 Å². The summed E-state index contributed by atoms with van der Waals surface area (Å²) in [6.45, 7) is 2.70. The number of halogens is 1. The Bertz CT molecular complexity index is 1370. The molecule has 1 aliphatic heterocycles. The van der Waals surface area contributed by atoms with Gasteiger partial charge in [0.2, 0.25) is 5.91 Å². The van der Waals surface area contributed by atoms with Gasteiger partial charge in [0, 0.05) is 38.7 Å². The Morgan fingerprint density at radius 3 is 2.49 bits per heavy atom. The molecular formula is C30H31FN4O2. The highest BCUT2D eigenvalue weighted by atomic mass is 19.1. The third-order valence-corrected chi connectivity index (χ3v) is 6.86. The zero-order valence-electron chi connectivity index (χ0n) is 21.2. The van der Waals surface area contributed by atoms with E-state index in [0.717, 1.165) is 59.0 Å². The molecule has 7 heteroatoms. The van der Waals surface area contributed by atoms with Gasteiger partial charge in [-0.2, -0.15) is 5.10 Å². The first kappa shape index (κ1) is 24.7. The minimum Gasteiger partial charge on any atom is -0.494 e. The van der Waals surface area contributed by atoms with Crippen LogP contribution in [0.4, 0.5) is 4.39 Å². The maximum absolute atomic E-state index is 13.4. The number of likely N-dealkylation sites (N-methyl/N-ethyl adjacent to an activating group) is 1. The number of hydrogen-bond acceptors (Lipinski definition) is 4. The molecule has 0 saturated heterocycles. The van der Waals surface area contributed by atoms with E-state index in [0.29, 0.717) is 19.5 Å². The fraction of sp³-hybridized carbons (Fsp3) is 0.267. The molecule has 0 aliphatic carbocycles. The van der Waals surface area contributed by atoms with Crippen LogP contribution in [0.3, 0.4) is 0 Å². The van der Waals surface area contributed by atoms with E-state index in [4.69, 9.17) is 9.84 Å². The summed E-state index contributed by atoms with van der Waals surface area (Å²) in [4.78, 5) is 17.1. The van der Waals surface area contributed by atoms with Crippen molar-refractivity contribution in [3.63, 3.8) is 0 Å². The van der Waals surface area contributed by atoms with E-state index in [2.05, 4.69) is 4.90 Å². The van der Waals surface area contributed by atoms with Crippen molar-refractivity contribution >= 4 is 5.91 Å². The van der Waals surface area contributed by atoms with E-state index in [1.165, 1.54) is 12.1 Å². The van der Waals surface area contributed by atoms with E-state index >= 15 is 0 Å². The van der Waals surface area contributed by atoms with E-state index in [9.17, 15) is 9.18 Å². The molecule has 6 nitrogen and oxygen atoms in total. The third-order valence-electron chi connectivity index (χ3n) is 6.86. The van der Waals surface area contributed by atoms with Crippen LogP contribution in [0, 0.1) is 5.82 Å². The lowest BCUT2D eigenvalue weighted by molar-refractivity contribution is -0.129. The Balaban J connectivity index is 1.43. The summed E-state index contributed by atoms with van der Waals surface area (Å²) in [5, 5.41) is 5.02. The van der Waals surface area contributed by atoms with Gasteiger partial charge in [-0.05, 0) is 35.4 Å². The monoisotopic (exact) mass is 498 g/mol. The average Bonchev–Trinajstić information content (AvgIpc) is 3.27. The van der Waals surface area contributed by atoms with Gasteiger partial charge in [0.05, 0.1) is 31.5 Å². The molecule has 3 aromatic carbocycles. The number of methoxy groups -OCH3 is 1. The van der Waals surface area contributed by atoms with Crippen LogP contribution < -0.4 is 4.74 Å². The summed E-state index contributed by atoms with van der Waals surface area (Å²) in [6, 6.07) is 24.3. The van der Waals surface area contributed by atoms with Crippen LogP contribution >= 0.6 is 0 Å². The molecule has 0 unspecified atom stereocenters. The van der Waals surface area contributed by atoms with Gasteiger partial charge in [0.25, 0.3) is 0 Å². The first-order valence-electron chi connectivity index (χ1n) is 12.5. The zero-order chi connectivity index (χ0) is 25.8. The molecule has 0 spiro atoms. The number of fused-ring (bicyclic) bond motifs is 1. The predicted octanol–water partition coefficient (Wildman–Crippen LogP) is 4.78. The Morgan fingerprint density at radius 2 is 1.73 bits per heavy atom. The number of rotatable bonds is 8. The standard InChI is InChI=1S/C30H31FN4O2/c1-33(30(36)18-22-8-4-3-5-9-22)21-26-25-20-34(19-23-12-14-24(31)15-13-23)17-16-27(25)35(32-26)28-10-6-7-11-29(28)37-2/h3-15H,16-21H2,1-2H3. The van der Waals surface area contributed by atoms with Gasteiger partial charge in [-0.15, -0.1) is 0 Å². The van der Waals surface area contributed by atoms with Crippen molar-refractivity contribution in [1.82, 2.24) is 19.6 Å². The number of ether oxygens (including phenoxy) is 1. The van der Waals surface area contributed by atoms with Crippen molar-refractivity contribution < 1.29 is 13.9 Å². The maximum atomic E-state index is 13.4. The summed E-state index contributed by atoms with van der Waals surface area (Å²) < 4.78 is 21.0. The number of carbonyl (C=O) groups is 1. The summed E-state index contributed by atoms with van der Waals surface area (Å²) in [5.74, 6) is 0.570. The van der Waals surface area contributed by atoms with Gasteiger partial charge in [-0.3, -0.25) is 9.69 Å². The largest absolute Gasteiger partial charge is 0.494 e. The first-order valence-corrected chi connectivity index (χ1v) is 12.5. The van der Waals surface area contributed by atoms with E-state index < -0.39 is 0 Å². The quantitative estimate of drug-likeness (QED) is 0.351. The van der Waals surface area contributed by atoms with Gasteiger partial charge >= 0.3 is 0 Å². The molecule has 2 heterocycles. The summed E-state index contributed by atoms with van der Waals surface area (Å²) in [6.07, 6.45) is 1.16. The molecule has 1 aliphatic rings. The molecule has 0 atom stereocenters. The van der Waals surface area contributed by atoms with Crippen LogP contribution in [-0.4, -0.2) is 46.2 Å². The molecule has 0 bridgehead atoms. The van der Waals surface area contributed by atoms with E-state index in [-0.39, 0.29) is 11.7 Å². The van der Waals surface area contributed by atoms with Crippen molar-refractivity contribution in [2.75, 3.05) is 20.7 Å². The number of hydrogen-bond donors (Lipinski definition) is 0. The minimum atomic E-state index is -0.228. The Kier molecular flexibility index (Phi) is 7.32. The Morgan fingerprint density at radius 1 is 1.00 bits per heavy atom. The summed E-state index contributed by atoms with van der Waals surface area (Å²) >= 11 is 0. The normalized spacial score (nSPS) is 13.3. The van der Waals surface area contributed by atoms with Gasteiger partial charge in [0.1, 0.15) is 17.3 Å². The molecule has 0 fully saturated rings. The second kappa shape index (κ2) is 11.0. The number of amides is 1. The lowest BCUT2D eigenvalue weighted by Crippen LogP contribution is -2.32. The molecule has 0 radical (unpaired) electrons. The first-order chi connectivity index (χ1) is 18.0. The Labute approximate surface area is 216 Å². The fourth-order valence-corrected chi connectivity index (χ4v) is 4.87. The average molecular weight is 499 g/mol. The van der Waals surface area contributed by atoms with E-state index in [1.54, 1.807) is 12.0 Å². The van der Waals surface area contributed by atoms with Crippen LogP contribution in [0.15, 0.2) is 78.9 Å². The van der Waals surface area contributed by atoms with Gasteiger partial charge in [-0.25, -0.2) is 9.07 Å². The van der Waals surface area contributed by atoms with Gasteiger partial charge in [-0.1, -0.05) is 54.6 Å². The highest BCUT2D eigenvalue weighted by Gasteiger charge is 2.27. The molecule has 190 valence electrons. The molecule has 5 rings (SSSR count). The van der Waals surface area contributed by atoms with Crippen molar-refractivity contribution in [3.05, 3.63) is 113 Å². The maximum Gasteiger partial charge on any atom is 0.227 e. The molecule has 0 saturated carbocycles. The van der Waals surface area contributed by atoms with Crippen LogP contribution in [0.2, 0.25) is 0 Å². The molecular weight excluding hydrogens is 467 g/mol. The number of carbonyl (C=O) groups excluding carboxylic acids is 1. The van der Waals surface area contributed by atoms with Crippen LogP contribution in [0.25, 0.3) is 5.69 Å². The third kappa shape index (κ3) is 5.57. The smallest absolute Gasteiger partial charge is 0.227 e. The molecule has 1 amide bonds. The van der Waals surface area contributed by atoms with Crippen molar-refractivity contribution in [3.8, 4) is 11.4 Å². The van der Waals surface area contributed by atoms with Crippen LogP contribution in [-0.2, 0) is 37.3 Å². The number of nitrogens with zero attached hydrogens (tertiary/aromatic N) is 4. The second-order valence-electron chi connectivity index (χ2n) is 9.45. The lowest BCUT2D eigenvalue weighted by atomic mass is 10.0. The molecule has 4 aromatic rings. The molecule has 37 heavy (non-hydrogen) atoms. The SMILES string of the molecule is COc1ccccc1-n1nc(CN(C)C(=O)Cc2ccccc2)c2c1CCN(Cc1ccc(F)cc1)C2. The Hall–Kier alpha value is -3.97. The summed E-state index contributed by atoms with van der Waals surface area (Å²) in [7, 11) is 3.50. The van der Waals surface area contributed by atoms with Crippen molar-refractivity contribution in [1.29, 1.82) is 0 Å². The number of aromatic nitrogens is 2. The highest BCUT2D eigenvalue weighted by molar-refractivity contribution is 5.78.